The van der Waals surface area contributed by atoms with Crippen molar-refractivity contribution >= 4 is 15.9 Å². The van der Waals surface area contributed by atoms with Gasteiger partial charge < -0.3 is 10.1 Å². The van der Waals surface area contributed by atoms with E-state index in [9.17, 15) is 13.2 Å². The van der Waals surface area contributed by atoms with Gasteiger partial charge in [-0.3, -0.25) is 4.79 Å². The zero-order chi connectivity index (χ0) is 16.2. The number of hydrogen-bond donors (Lipinski definition) is 2. The topological polar surface area (TPSA) is 98.5 Å². The summed E-state index contributed by atoms with van der Waals surface area (Å²) < 4.78 is 28.7. The third-order valence-electron chi connectivity index (χ3n) is 2.72. The van der Waals surface area contributed by atoms with Gasteiger partial charge in [0.05, 0.1) is 13.0 Å². The number of primary sulfonamides is 1. The molecule has 7 heteroatoms. The van der Waals surface area contributed by atoms with Crippen LogP contribution >= 0.6 is 0 Å². The number of amides is 1. The first-order valence-electron chi connectivity index (χ1n) is 6.67. The second kappa shape index (κ2) is 6.91. The smallest absolute Gasteiger partial charge is 0.241 e. The van der Waals surface area contributed by atoms with E-state index in [1.165, 1.54) is 6.07 Å². The van der Waals surface area contributed by atoms with Gasteiger partial charge in [-0.2, -0.15) is 0 Å². The molecule has 0 unspecified atom stereocenters. The Balaban J connectivity index is 2.87. The maximum Gasteiger partial charge on any atom is 0.241 e. The summed E-state index contributed by atoms with van der Waals surface area (Å²) in [4.78, 5) is 11.5. The van der Waals surface area contributed by atoms with Gasteiger partial charge in [0.2, 0.25) is 15.9 Å². The normalized spacial score (nSPS) is 11.5. The van der Waals surface area contributed by atoms with Crippen LogP contribution in [-0.2, 0) is 14.8 Å². The number of sulfonamides is 1. The third-order valence-corrected chi connectivity index (χ3v) is 3.63. The number of rotatable bonds is 6. The summed E-state index contributed by atoms with van der Waals surface area (Å²) in [6, 6.07) is 3.32. The molecule has 0 heterocycles. The van der Waals surface area contributed by atoms with Crippen LogP contribution in [0.2, 0.25) is 0 Å². The molecule has 0 bridgehead atoms. The summed E-state index contributed by atoms with van der Waals surface area (Å²) in [5.74, 6) is 0.0624. The van der Waals surface area contributed by atoms with E-state index in [1.54, 1.807) is 19.9 Å². The lowest BCUT2D eigenvalue weighted by molar-refractivity contribution is -0.122. The Hall–Kier alpha value is -1.60. The lowest BCUT2D eigenvalue weighted by Gasteiger charge is -2.14. The molecule has 1 aromatic rings. The fourth-order valence-corrected chi connectivity index (χ4v) is 2.78. The van der Waals surface area contributed by atoms with E-state index in [1.807, 2.05) is 13.8 Å². The van der Waals surface area contributed by atoms with Crippen molar-refractivity contribution in [1.82, 2.24) is 5.32 Å². The highest BCUT2D eigenvalue weighted by molar-refractivity contribution is 7.89. The average molecular weight is 314 g/mol. The molecule has 0 aliphatic rings. The van der Waals surface area contributed by atoms with Crippen LogP contribution in [0.3, 0.4) is 0 Å². The van der Waals surface area contributed by atoms with Crippen molar-refractivity contribution in [3.63, 3.8) is 0 Å². The quantitative estimate of drug-likeness (QED) is 0.825. The molecule has 0 fully saturated rings. The van der Waals surface area contributed by atoms with Gasteiger partial charge >= 0.3 is 0 Å². The molecule has 3 N–H and O–H groups in total. The minimum Gasteiger partial charge on any atom is -0.491 e. The van der Waals surface area contributed by atoms with Gasteiger partial charge in [-0.25, -0.2) is 13.6 Å². The fourth-order valence-electron chi connectivity index (χ4n) is 1.95. The second-order valence-electron chi connectivity index (χ2n) is 5.27. The Labute approximate surface area is 125 Å². The van der Waals surface area contributed by atoms with Crippen LogP contribution in [-0.4, -0.2) is 27.0 Å². The van der Waals surface area contributed by atoms with Gasteiger partial charge in [0, 0.05) is 6.04 Å². The van der Waals surface area contributed by atoms with Crippen molar-refractivity contribution in [3.8, 4) is 5.75 Å². The van der Waals surface area contributed by atoms with Crippen LogP contribution in [0.5, 0.6) is 5.75 Å². The maximum absolute atomic E-state index is 11.6. The zero-order valence-corrected chi connectivity index (χ0v) is 13.6. The van der Waals surface area contributed by atoms with E-state index in [2.05, 4.69) is 5.32 Å². The Bertz CT molecular complexity index is 624. The summed E-state index contributed by atoms with van der Waals surface area (Å²) in [5, 5.41) is 7.94. The van der Waals surface area contributed by atoms with E-state index < -0.39 is 10.0 Å². The molecule has 1 aromatic carbocycles. The van der Waals surface area contributed by atoms with Gasteiger partial charge in [0.1, 0.15) is 10.6 Å². The molecule has 0 aromatic heterocycles. The average Bonchev–Trinajstić information content (AvgIpc) is 2.29. The fraction of sp³-hybridized carbons (Fsp3) is 0.500. The molecule has 0 radical (unpaired) electrons. The Morgan fingerprint density at radius 2 is 1.95 bits per heavy atom. The monoisotopic (exact) mass is 314 g/mol. The molecule has 0 spiro atoms. The van der Waals surface area contributed by atoms with E-state index in [0.29, 0.717) is 5.56 Å². The molecule has 6 nitrogen and oxygen atoms in total. The van der Waals surface area contributed by atoms with Crippen LogP contribution in [0, 0.1) is 13.8 Å². The Morgan fingerprint density at radius 1 is 1.33 bits per heavy atom. The number of nitrogens with two attached hydrogens (primary N) is 1. The van der Waals surface area contributed by atoms with Gasteiger partial charge in [-0.1, -0.05) is 6.07 Å². The van der Waals surface area contributed by atoms with Crippen molar-refractivity contribution in [2.24, 2.45) is 5.14 Å². The van der Waals surface area contributed by atoms with Crippen molar-refractivity contribution in [2.75, 3.05) is 6.61 Å². The van der Waals surface area contributed by atoms with Crippen molar-refractivity contribution in [3.05, 3.63) is 23.3 Å². The van der Waals surface area contributed by atoms with Gasteiger partial charge in [-0.15, -0.1) is 0 Å². The molecule has 0 saturated heterocycles. The number of carbonyl (C=O) groups excluding carboxylic acids is 1. The largest absolute Gasteiger partial charge is 0.491 e. The van der Waals surface area contributed by atoms with Crippen molar-refractivity contribution in [1.29, 1.82) is 0 Å². The van der Waals surface area contributed by atoms with Gasteiger partial charge in [0.25, 0.3) is 0 Å². The first-order valence-corrected chi connectivity index (χ1v) is 8.22. The number of carbonyl (C=O) groups is 1. The molecule has 1 amide bonds. The lowest BCUT2D eigenvalue weighted by Crippen LogP contribution is -2.31. The minimum absolute atomic E-state index is 0.0516. The molecule has 0 aliphatic carbocycles. The Morgan fingerprint density at radius 3 is 2.48 bits per heavy atom. The van der Waals surface area contributed by atoms with E-state index in [-0.39, 0.29) is 35.6 Å². The molecular formula is C14H22N2O4S. The molecular weight excluding hydrogens is 292 g/mol. The molecule has 0 aliphatic heterocycles. The lowest BCUT2D eigenvalue weighted by atomic mass is 10.1. The molecule has 118 valence electrons. The number of hydrogen-bond acceptors (Lipinski definition) is 4. The van der Waals surface area contributed by atoms with E-state index in [0.717, 1.165) is 5.56 Å². The number of benzene rings is 1. The first-order chi connectivity index (χ1) is 9.61. The summed E-state index contributed by atoms with van der Waals surface area (Å²) in [6.07, 6.45) is 0.148. The van der Waals surface area contributed by atoms with Gasteiger partial charge in [-0.05, 0) is 44.9 Å². The van der Waals surface area contributed by atoms with Crippen LogP contribution in [0.25, 0.3) is 0 Å². The highest BCUT2D eigenvalue weighted by atomic mass is 32.2. The summed E-state index contributed by atoms with van der Waals surface area (Å²) in [6.45, 7) is 7.33. The zero-order valence-electron chi connectivity index (χ0n) is 12.8. The number of aryl methyl sites for hydroxylation is 2. The van der Waals surface area contributed by atoms with Crippen molar-refractivity contribution in [2.45, 2.75) is 45.1 Å². The number of nitrogens with one attached hydrogen (secondary N) is 1. The van der Waals surface area contributed by atoms with E-state index in [4.69, 9.17) is 9.88 Å². The van der Waals surface area contributed by atoms with Crippen LogP contribution in [0.1, 0.15) is 31.4 Å². The minimum atomic E-state index is -3.87. The van der Waals surface area contributed by atoms with Crippen LogP contribution < -0.4 is 15.2 Å². The summed E-state index contributed by atoms with van der Waals surface area (Å²) >= 11 is 0. The third kappa shape index (κ3) is 5.35. The van der Waals surface area contributed by atoms with Crippen LogP contribution in [0.15, 0.2) is 17.0 Å². The molecule has 1 rings (SSSR count). The predicted octanol–water partition coefficient (Wildman–Crippen LogP) is 1.24. The van der Waals surface area contributed by atoms with Crippen molar-refractivity contribution < 1.29 is 17.9 Å². The predicted molar refractivity (Wildman–Crippen MR) is 80.7 cm³/mol. The highest BCUT2D eigenvalue weighted by Crippen LogP contribution is 2.28. The Kier molecular flexibility index (Phi) is 5.74. The molecule has 0 atom stereocenters. The first kappa shape index (κ1) is 17.5. The maximum atomic E-state index is 11.6. The SMILES string of the molecule is Cc1cc(C)c(OCCC(=O)NC(C)C)c(S(N)(=O)=O)c1. The van der Waals surface area contributed by atoms with Gasteiger partial charge in [0.15, 0.2) is 0 Å². The molecule has 0 saturated carbocycles. The number of ether oxygens (including phenoxy) is 1. The second-order valence-corrected chi connectivity index (χ2v) is 6.80. The summed E-state index contributed by atoms with van der Waals surface area (Å²) in [7, 11) is -3.87. The molecule has 21 heavy (non-hydrogen) atoms. The van der Waals surface area contributed by atoms with E-state index >= 15 is 0 Å². The highest BCUT2D eigenvalue weighted by Gasteiger charge is 2.18. The standard InChI is InChI=1S/C14H22N2O4S/c1-9(2)16-13(17)5-6-20-14-11(4)7-10(3)8-12(14)21(15,18)19/h7-9H,5-6H2,1-4H3,(H,16,17)(H2,15,18,19). The van der Waals surface area contributed by atoms with Crippen LogP contribution in [0.4, 0.5) is 0 Å². The summed E-state index contributed by atoms with van der Waals surface area (Å²) in [5.41, 5.74) is 1.45.